The molecule has 2 fully saturated rings. The monoisotopic (exact) mass is 599 g/mol. The predicted octanol–water partition coefficient (Wildman–Crippen LogP) is 3.49. The van der Waals surface area contributed by atoms with Crippen molar-refractivity contribution in [2.45, 2.75) is 71.3 Å². The molecule has 222 valence electrons. The molecule has 1 aliphatic carbocycles. The molecule has 14 heteroatoms. The number of carbonyl (C=O) groups excluding carboxylic acids is 4. The van der Waals surface area contributed by atoms with Gasteiger partial charge in [-0.2, -0.15) is 18.4 Å². The van der Waals surface area contributed by atoms with Crippen LogP contribution in [0.5, 0.6) is 0 Å². The fraction of sp³-hybridized carbons (Fsp3) is 0.593. The Labute approximate surface area is 238 Å². The van der Waals surface area contributed by atoms with Gasteiger partial charge in [0, 0.05) is 11.6 Å². The van der Waals surface area contributed by atoms with E-state index in [1.54, 1.807) is 5.32 Å². The van der Waals surface area contributed by atoms with E-state index < -0.39 is 65.1 Å². The first-order valence-electron chi connectivity index (χ1n) is 13.0. The van der Waals surface area contributed by atoms with Crippen LogP contribution < -0.4 is 16.0 Å². The second-order valence-corrected chi connectivity index (χ2v) is 12.9. The zero-order chi connectivity index (χ0) is 30.8. The van der Waals surface area contributed by atoms with Gasteiger partial charge >= 0.3 is 12.1 Å². The van der Waals surface area contributed by atoms with Crippen LogP contribution in [0.4, 0.5) is 23.2 Å². The molecule has 2 heterocycles. The molecule has 0 spiro atoms. The minimum Gasteiger partial charge on any atom is -0.339 e. The third kappa shape index (κ3) is 5.58. The Morgan fingerprint density at radius 1 is 1.22 bits per heavy atom. The Balaban J connectivity index is 1.56. The van der Waals surface area contributed by atoms with Gasteiger partial charge in [-0.25, -0.2) is 4.39 Å². The molecule has 0 aromatic heterocycles. The van der Waals surface area contributed by atoms with E-state index in [-0.39, 0.29) is 46.5 Å². The van der Waals surface area contributed by atoms with E-state index in [9.17, 15) is 42.0 Å². The van der Waals surface area contributed by atoms with Crippen molar-refractivity contribution in [2.75, 3.05) is 11.9 Å². The van der Waals surface area contributed by atoms with Gasteiger partial charge in [0.2, 0.25) is 17.7 Å². The highest BCUT2D eigenvalue weighted by atomic mass is 35.5. The number of halogens is 5. The van der Waals surface area contributed by atoms with Crippen molar-refractivity contribution in [3.05, 3.63) is 28.5 Å². The standard InChI is InChI=1S/C27H30ClF4N5O4/c1-25(2,3)20(36-24(41)27(30,31)32)23(40)37-10-15-17(26(15,4)5)19(37)22(39)34-12(9-33)8-14-13-6-11(28)7-16(29)18(13)35-21(14)38/h6-7,12,14-15,17,19-20H,8,10H2,1-5H3,(H,34,39)(H,35,38)(H,36,41)/t12-,14?,15-,17-,19-,20?/m0/s1. The number of alkyl halides is 3. The summed E-state index contributed by atoms with van der Waals surface area (Å²) < 4.78 is 53.4. The van der Waals surface area contributed by atoms with Gasteiger partial charge in [-0.15, -0.1) is 0 Å². The number of anilines is 1. The number of amides is 4. The number of carbonyl (C=O) groups is 4. The fourth-order valence-electron chi connectivity index (χ4n) is 6.06. The van der Waals surface area contributed by atoms with Crippen LogP contribution in [0.25, 0.3) is 0 Å². The van der Waals surface area contributed by atoms with Gasteiger partial charge < -0.3 is 20.9 Å². The summed E-state index contributed by atoms with van der Waals surface area (Å²) in [6.45, 7) is 8.36. The Kier molecular flexibility index (Phi) is 7.56. The van der Waals surface area contributed by atoms with Crippen molar-refractivity contribution < 1.29 is 36.7 Å². The van der Waals surface area contributed by atoms with Crippen LogP contribution >= 0.6 is 11.6 Å². The molecular formula is C27H30ClF4N5O4. The lowest BCUT2D eigenvalue weighted by Crippen LogP contribution is -2.61. The number of piperidine rings is 1. The molecule has 3 N–H and O–H groups in total. The topological polar surface area (TPSA) is 131 Å². The second kappa shape index (κ2) is 10.2. The van der Waals surface area contributed by atoms with Crippen LogP contribution in [-0.2, 0) is 19.2 Å². The molecule has 0 radical (unpaired) electrons. The van der Waals surface area contributed by atoms with E-state index in [1.807, 2.05) is 19.9 Å². The first-order chi connectivity index (χ1) is 18.8. The average Bonchev–Trinajstić information content (AvgIpc) is 3.15. The zero-order valence-corrected chi connectivity index (χ0v) is 23.7. The number of nitrogens with one attached hydrogen (secondary N) is 3. The van der Waals surface area contributed by atoms with Crippen molar-refractivity contribution in [1.82, 2.24) is 15.5 Å². The minimum absolute atomic E-state index is 0.0495. The molecule has 2 unspecified atom stereocenters. The molecule has 1 aromatic rings. The van der Waals surface area contributed by atoms with E-state index in [0.717, 1.165) is 6.07 Å². The summed E-state index contributed by atoms with van der Waals surface area (Å²) in [6.07, 6.45) is -5.43. The third-order valence-corrected chi connectivity index (χ3v) is 8.59. The molecule has 3 aliphatic rings. The highest BCUT2D eigenvalue weighted by Gasteiger charge is 2.70. The number of benzene rings is 1. The van der Waals surface area contributed by atoms with E-state index in [0.29, 0.717) is 0 Å². The minimum atomic E-state index is -5.21. The van der Waals surface area contributed by atoms with Crippen LogP contribution in [0, 0.1) is 39.8 Å². The fourth-order valence-corrected chi connectivity index (χ4v) is 6.28. The van der Waals surface area contributed by atoms with Crippen molar-refractivity contribution in [2.24, 2.45) is 22.7 Å². The number of nitriles is 1. The molecule has 4 rings (SSSR count). The second-order valence-electron chi connectivity index (χ2n) is 12.5. The zero-order valence-electron chi connectivity index (χ0n) is 23.0. The van der Waals surface area contributed by atoms with Crippen LogP contribution in [0.2, 0.25) is 5.02 Å². The van der Waals surface area contributed by atoms with E-state index in [2.05, 4.69) is 10.6 Å². The molecule has 1 aromatic carbocycles. The number of hydrogen-bond donors (Lipinski definition) is 3. The smallest absolute Gasteiger partial charge is 0.339 e. The molecule has 6 atom stereocenters. The summed E-state index contributed by atoms with van der Waals surface area (Å²) in [4.78, 5) is 52.7. The van der Waals surface area contributed by atoms with Gasteiger partial charge in [-0.1, -0.05) is 46.2 Å². The average molecular weight is 600 g/mol. The van der Waals surface area contributed by atoms with Gasteiger partial charge in [0.1, 0.15) is 23.9 Å². The summed E-state index contributed by atoms with van der Waals surface area (Å²) in [5.41, 5.74) is -1.30. The summed E-state index contributed by atoms with van der Waals surface area (Å²) in [7, 11) is 0. The van der Waals surface area contributed by atoms with Gasteiger partial charge in [0.15, 0.2) is 0 Å². The summed E-state index contributed by atoms with van der Waals surface area (Å²) >= 11 is 5.95. The maximum Gasteiger partial charge on any atom is 0.471 e. The largest absolute Gasteiger partial charge is 0.471 e. The lowest BCUT2D eigenvalue weighted by Gasteiger charge is -2.37. The predicted molar refractivity (Wildman–Crippen MR) is 139 cm³/mol. The first-order valence-corrected chi connectivity index (χ1v) is 13.3. The number of rotatable bonds is 6. The number of fused-ring (bicyclic) bond motifs is 2. The van der Waals surface area contributed by atoms with E-state index in [1.165, 1.54) is 31.7 Å². The molecule has 4 amide bonds. The summed E-state index contributed by atoms with van der Waals surface area (Å²) in [5, 5.41) is 16.6. The maximum absolute atomic E-state index is 14.3. The molecule has 1 saturated heterocycles. The highest BCUT2D eigenvalue weighted by molar-refractivity contribution is 6.31. The van der Waals surface area contributed by atoms with Crippen LogP contribution in [-0.4, -0.2) is 59.4 Å². The van der Waals surface area contributed by atoms with E-state index >= 15 is 0 Å². The van der Waals surface area contributed by atoms with Gasteiger partial charge in [0.05, 0.1) is 17.7 Å². The Morgan fingerprint density at radius 2 is 1.85 bits per heavy atom. The van der Waals surface area contributed by atoms with Crippen LogP contribution in [0.15, 0.2) is 12.1 Å². The third-order valence-electron chi connectivity index (χ3n) is 8.38. The molecule has 9 nitrogen and oxygen atoms in total. The number of nitrogens with zero attached hydrogens (tertiary/aromatic N) is 2. The van der Waals surface area contributed by atoms with Crippen molar-refractivity contribution in [3.8, 4) is 6.07 Å². The SMILES string of the molecule is CC(C)(C)C(NC(=O)C(F)(F)F)C(=O)N1C[C@H]2[C@@H]([C@H]1C(=O)N[C@H](C#N)CC1C(=O)Nc3c(F)cc(Cl)cc31)C2(C)C. The van der Waals surface area contributed by atoms with E-state index in [4.69, 9.17) is 11.6 Å². The number of hydrogen-bond acceptors (Lipinski definition) is 5. The molecule has 2 aliphatic heterocycles. The summed E-state index contributed by atoms with van der Waals surface area (Å²) in [6, 6.07) is 0.419. The van der Waals surface area contributed by atoms with Gasteiger partial charge in [-0.05, 0) is 46.8 Å². The lowest BCUT2D eigenvalue weighted by atomic mass is 9.85. The first kappa shape index (κ1) is 30.6. The Hall–Kier alpha value is -3.40. The quantitative estimate of drug-likeness (QED) is 0.431. The molecule has 41 heavy (non-hydrogen) atoms. The molecule has 1 saturated carbocycles. The normalized spacial score (nSPS) is 25.8. The lowest BCUT2D eigenvalue weighted by molar-refractivity contribution is -0.176. The van der Waals surface area contributed by atoms with Crippen molar-refractivity contribution in [3.63, 3.8) is 0 Å². The van der Waals surface area contributed by atoms with Gasteiger partial charge in [-0.3, -0.25) is 19.2 Å². The van der Waals surface area contributed by atoms with Crippen LogP contribution in [0.3, 0.4) is 0 Å². The Bertz CT molecular complexity index is 1350. The highest BCUT2D eigenvalue weighted by Crippen LogP contribution is 2.65. The summed E-state index contributed by atoms with van der Waals surface area (Å²) in [5.74, 6) is -6.61. The maximum atomic E-state index is 14.3. The van der Waals surface area contributed by atoms with Crippen molar-refractivity contribution >= 4 is 40.9 Å². The molecule has 0 bridgehead atoms. The van der Waals surface area contributed by atoms with Crippen molar-refractivity contribution in [1.29, 1.82) is 5.26 Å². The van der Waals surface area contributed by atoms with Crippen LogP contribution in [0.1, 0.15) is 52.5 Å². The Morgan fingerprint density at radius 3 is 2.41 bits per heavy atom. The number of likely N-dealkylation sites (tertiary alicyclic amines) is 1. The molecular weight excluding hydrogens is 570 g/mol. The van der Waals surface area contributed by atoms with Gasteiger partial charge in [0.25, 0.3) is 0 Å².